The molecule has 23 heavy (non-hydrogen) atoms. The van der Waals surface area contributed by atoms with Crippen molar-refractivity contribution in [3.8, 4) is 0 Å². The third-order valence-electron chi connectivity index (χ3n) is 3.90. The van der Waals surface area contributed by atoms with Crippen molar-refractivity contribution in [3.05, 3.63) is 23.2 Å². The van der Waals surface area contributed by atoms with Crippen LogP contribution in [0.15, 0.2) is 15.5 Å². The second-order valence-corrected chi connectivity index (χ2v) is 6.83. The molecule has 7 heteroatoms. The van der Waals surface area contributed by atoms with Crippen molar-refractivity contribution in [2.75, 3.05) is 33.0 Å². The van der Waals surface area contributed by atoms with Gasteiger partial charge in [0, 0.05) is 31.1 Å². The topological polar surface area (TPSA) is 67.1 Å². The highest BCUT2D eigenvalue weighted by atomic mass is 32.2. The van der Waals surface area contributed by atoms with Crippen LogP contribution in [0.1, 0.15) is 35.2 Å². The van der Waals surface area contributed by atoms with Crippen molar-refractivity contribution in [2.45, 2.75) is 32.1 Å². The largest absolute Gasteiger partial charge is 0.465 e. The third kappa shape index (κ3) is 4.43. The van der Waals surface area contributed by atoms with Crippen LogP contribution in [0.3, 0.4) is 0 Å². The van der Waals surface area contributed by atoms with Crippen molar-refractivity contribution in [2.24, 2.45) is 4.99 Å². The number of guanidine groups is 1. The normalized spacial score (nSPS) is 18.9. The SMILES string of the molecule is CCC1CN(C(=NC)NCc2cc(C(=O)OC)c(C)o2)CCS1. The van der Waals surface area contributed by atoms with Crippen LogP contribution in [0.4, 0.5) is 0 Å². The summed E-state index contributed by atoms with van der Waals surface area (Å²) in [5.74, 6) is 2.88. The first kappa shape index (κ1) is 17.7. The van der Waals surface area contributed by atoms with E-state index < -0.39 is 0 Å². The molecule has 1 aliphatic heterocycles. The van der Waals surface area contributed by atoms with Gasteiger partial charge in [0.2, 0.25) is 0 Å². The van der Waals surface area contributed by atoms with Crippen LogP contribution in [-0.4, -0.2) is 55.1 Å². The van der Waals surface area contributed by atoms with Gasteiger partial charge in [-0.25, -0.2) is 4.79 Å². The van der Waals surface area contributed by atoms with Crippen molar-refractivity contribution in [1.29, 1.82) is 0 Å². The Labute approximate surface area is 141 Å². The molecule has 1 aliphatic rings. The highest BCUT2D eigenvalue weighted by Crippen LogP contribution is 2.21. The van der Waals surface area contributed by atoms with E-state index in [-0.39, 0.29) is 5.97 Å². The molecule has 1 unspecified atom stereocenters. The maximum absolute atomic E-state index is 11.6. The Balaban J connectivity index is 1.97. The molecule has 0 amide bonds. The molecule has 128 valence electrons. The first-order valence-corrected chi connectivity index (χ1v) is 8.88. The fraction of sp³-hybridized carbons (Fsp3) is 0.625. The van der Waals surface area contributed by atoms with Crippen LogP contribution in [0.2, 0.25) is 0 Å². The lowest BCUT2D eigenvalue weighted by Crippen LogP contribution is -2.47. The summed E-state index contributed by atoms with van der Waals surface area (Å²) in [4.78, 5) is 18.3. The van der Waals surface area contributed by atoms with Crippen molar-refractivity contribution >= 4 is 23.7 Å². The molecule has 1 saturated heterocycles. The molecule has 2 rings (SSSR count). The Morgan fingerprint density at radius 3 is 3.04 bits per heavy atom. The molecule has 1 fully saturated rings. The number of ether oxygens (including phenoxy) is 1. The molecule has 1 N–H and O–H groups in total. The molecule has 6 nitrogen and oxygen atoms in total. The Morgan fingerprint density at radius 1 is 1.61 bits per heavy atom. The molecule has 2 heterocycles. The van der Waals surface area contributed by atoms with E-state index in [9.17, 15) is 4.79 Å². The van der Waals surface area contributed by atoms with Gasteiger partial charge in [0.15, 0.2) is 5.96 Å². The minimum absolute atomic E-state index is 0.374. The van der Waals surface area contributed by atoms with Crippen LogP contribution in [-0.2, 0) is 11.3 Å². The number of aliphatic imine (C=N–C) groups is 1. The molecule has 0 spiro atoms. The molecule has 0 saturated carbocycles. The molecule has 0 bridgehead atoms. The summed E-state index contributed by atoms with van der Waals surface area (Å²) in [5.41, 5.74) is 0.472. The molecule has 1 atom stereocenters. The number of hydrogen-bond acceptors (Lipinski definition) is 5. The van der Waals surface area contributed by atoms with E-state index >= 15 is 0 Å². The van der Waals surface area contributed by atoms with Gasteiger partial charge in [0.25, 0.3) is 0 Å². The number of furan rings is 1. The lowest BCUT2D eigenvalue weighted by atomic mass is 10.2. The lowest BCUT2D eigenvalue weighted by molar-refractivity contribution is 0.0599. The first-order chi connectivity index (χ1) is 11.1. The Bertz CT molecular complexity index is 571. The standard InChI is InChI=1S/C16H25N3O3S/c1-5-13-10-19(6-7-23-13)16(17-3)18-9-12-8-14(11(2)22-12)15(20)21-4/h8,13H,5-7,9-10H2,1-4H3,(H,17,18). The van der Waals surface area contributed by atoms with E-state index in [1.807, 2.05) is 11.8 Å². The summed E-state index contributed by atoms with van der Waals surface area (Å²) >= 11 is 2.03. The molecule has 0 aromatic carbocycles. The highest BCUT2D eigenvalue weighted by Gasteiger charge is 2.22. The van der Waals surface area contributed by atoms with E-state index in [1.54, 1.807) is 20.0 Å². The van der Waals surface area contributed by atoms with E-state index in [1.165, 1.54) is 7.11 Å². The van der Waals surface area contributed by atoms with Gasteiger partial charge in [-0.05, 0) is 19.4 Å². The van der Waals surface area contributed by atoms with Gasteiger partial charge in [-0.15, -0.1) is 0 Å². The number of thioether (sulfide) groups is 1. The van der Waals surface area contributed by atoms with Crippen LogP contribution in [0.5, 0.6) is 0 Å². The minimum Gasteiger partial charge on any atom is -0.465 e. The average Bonchev–Trinajstić information content (AvgIpc) is 2.95. The monoisotopic (exact) mass is 339 g/mol. The van der Waals surface area contributed by atoms with Crippen LogP contribution in [0.25, 0.3) is 0 Å². The zero-order valence-electron chi connectivity index (χ0n) is 14.2. The number of methoxy groups -OCH3 is 1. The number of nitrogens with zero attached hydrogens (tertiary/aromatic N) is 2. The van der Waals surface area contributed by atoms with Crippen LogP contribution in [0, 0.1) is 6.92 Å². The minimum atomic E-state index is -0.374. The van der Waals surface area contributed by atoms with Gasteiger partial charge in [0.05, 0.1) is 13.7 Å². The molecule has 0 aliphatic carbocycles. The fourth-order valence-electron chi connectivity index (χ4n) is 2.60. The van der Waals surface area contributed by atoms with Gasteiger partial charge in [-0.3, -0.25) is 4.99 Å². The Morgan fingerprint density at radius 2 is 2.39 bits per heavy atom. The predicted molar refractivity (Wildman–Crippen MR) is 93.1 cm³/mol. The first-order valence-electron chi connectivity index (χ1n) is 7.83. The van der Waals surface area contributed by atoms with Gasteiger partial charge < -0.3 is 19.4 Å². The molecule has 1 aromatic heterocycles. The third-order valence-corrected chi connectivity index (χ3v) is 5.27. The summed E-state index contributed by atoms with van der Waals surface area (Å²) in [5, 5.41) is 3.97. The molecular formula is C16H25N3O3S. The Kier molecular flexibility index (Phi) is 6.38. The van der Waals surface area contributed by atoms with Crippen molar-refractivity contribution in [1.82, 2.24) is 10.2 Å². The summed E-state index contributed by atoms with van der Waals surface area (Å²) in [6.45, 7) is 6.47. The number of carbonyl (C=O) groups is 1. The maximum atomic E-state index is 11.6. The number of nitrogens with one attached hydrogen (secondary N) is 1. The van der Waals surface area contributed by atoms with E-state index in [4.69, 9.17) is 9.15 Å². The summed E-state index contributed by atoms with van der Waals surface area (Å²) < 4.78 is 10.4. The van der Waals surface area contributed by atoms with Gasteiger partial charge in [-0.1, -0.05) is 6.92 Å². The van der Waals surface area contributed by atoms with E-state index in [0.29, 0.717) is 28.9 Å². The zero-order valence-corrected chi connectivity index (χ0v) is 15.0. The quantitative estimate of drug-likeness (QED) is 0.516. The molecular weight excluding hydrogens is 314 g/mol. The number of aryl methyl sites for hydroxylation is 1. The van der Waals surface area contributed by atoms with Crippen molar-refractivity contribution < 1.29 is 13.9 Å². The van der Waals surface area contributed by atoms with Crippen LogP contribution < -0.4 is 5.32 Å². The average molecular weight is 339 g/mol. The van der Waals surface area contributed by atoms with Crippen LogP contribution >= 0.6 is 11.8 Å². The number of hydrogen-bond donors (Lipinski definition) is 1. The highest BCUT2D eigenvalue weighted by molar-refractivity contribution is 8.00. The number of esters is 1. The smallest absolute Gasteiger partial charge is 0.341 e. The fourth-order valence-corrected chi connectivity index (χ4v) is 3.78. The van der Waals surface area contributed by atoms with Gasteiger partial charge in [0.1, 0.15) is 17.1 Å². The zero-order chi connectivity index (χ0) is 16.8. The second kappa shape index (κ2) is 8.29. The van der Waals surface area contributed by atoms with E-state index in [0.717, 1.165) is 31.2 Å². The summed E-state index contributed by atoms with van der Waals surface area (Å²) in [6, 6.07) is 1.72. The number of carbonyl (C=O) groups excluding carboxylic acids is 1. The maximum Gasteiger partial charge on any atom is 0.341 e. The molecule has 0 radical (unpaired) electrons. The Hall–Kier alpha value is -1.63. The van der Waals surface area contributed by atoms with Gasteiger partial charge >= 0.3 is 5.97 Å². The lowest BCUT2D eigenvalue weighted by Gasteiger charge is -2.34. The van der Waals surface area contributed by atoms with Crippen molar-refractivity contribution in [3.63, 3.8) is 0 Å². The van der Waals surface area contributed by atoms with Gasteiger partial charge in [-0.2, -0.15) is 11.8 Å². The number of rotatable bonds is 4. The summed E-state index contributed by atoms with van der Waals surface area (Å²) in [7, 11) is 3.16. The molecule has 1 aromatic rings. The predicted octanol–water partition coefficient (Wildman–Crippen LogP) is 2.28. The second-order valence-electron chi connectivity index (χ2n) is 5.42. The van der Waals surface area contributed by atoms with E-state index in [2.05, 4.69) is 22.1 Å². The summed E-state index contributed by atoms with van der Waals surface area (Å²) in [6.07, 6.45) is 1.16.